The molecule has 3 aromatic rings. The molecule has 0 atom stereocenters. The maximum Gasteiger partial charge on any atom is 0.335 e. The van der Waals surface area contributed by atoms with Crippen LogP contribution in [0.2, 0.25) is 0 Å². The normalized spacial score (nSPS) is 10.9. The van der Waals surface area contributed by atoms with Crippen LogP contribution in [0.15, 0.2) is 28.8 Å². The molecule has 2 N–H and O–H groups in total. The number of hydrogen-bond acceptors (Lipinski definition) is 4. The summed E-state index contributed by atoms with van der Waals surface area (Å²) in [6, 6.07) is 4.59. The van der Waals surface area contributed by atoms with Gasteiger partial charge < -0.3 is 9.52 Å². The molecule has 0 aliphatic heterocycles. The van der Waals surface area contributed by atoms with E-state index in [1.165, 1.54) is 12.1 Å². The minimum absolute atomic E-state index is 0.175. The molecule has 0 aliphatic carbocycles. The highest BCUT2D eigenvalue weighted by Crippen LogP contribution is 2.26. The molecule has 0 unspecified atom stereocenters. The molecule has 0 bridgehead atoms. The summed E-state index contributed by atoms with van der Waals surface area (Å²) < 4.78 is 5.55. The first kappa shape index (κ1) is 10.5. The maximum atomic E-state index is 10.9. The van der Waals surface area contributed by atoms with Crippen LogP contribution >= 0.6 is 0 Å². The predicted octanol–water partition coefficient (Wildman–Crippen LogP) is 2.22. The molecular formula is C12H9N3O3. The number of carbonyl (C=O) groups is 1. The van der Waals surface area contributed by atoms with Gasteiger partial charge in [0.25, 0.3) is 0 Å². The van der Waals surface area contributed by atoms with Gasteiger partial charge in [-0.3, -0.25) is 5.10 Å². The smallest absolute Gasteiger partial charge is 0.335 e. The van der Waals surface area contributed by atoms with Gasteiger partial charge in [0.2, 0.25) is 5.89 Å². The summed E-state index contributed by atoms with van der Waals surface area (Å²) in [6.45, 7) is 1.86. The van der Waals surface area contributed by atoms with Crippen molar-refractivity contribution in [1.29, 1.82) is 0 Å². The average Bonchev–Trinajstić information content (AvgIpc) is 2.92. The molecule has 0 radical (unpaired) electrons. The summed E-state index contributed by atoms with van der Waals surface area (Å²) in [6.07, 6.45) is 1.62. The average molecular weight is 243 g/mol. The Kier molecular flexibility index (Phi) is 2.16. The molecule has 0 saturated carbocycles. The summed E-state index contributed by atoms with van der Waals surface area (Å²) in [5, 5.41) is 15.6. The number of carboxylic acids is 1. The number of oxazole rings is 1. The van der Waals surface area contributed by atoms with Crippen LogP contribution in [0.5, 0.6) is 0 Å². The van der Waals surface area contributed by atoms with Crippen molar-refractivity contribution in [2.45, 2.75) is 6.92 Å². The highest BCUT2D eigenvalue weighted by molar-refractivity contribution is 5.92. The molecule has 2 heterocycles. The number of rotatable bonds is 2. The Hall–Kier alpha value is -2.63. The molecular weight excluding hydrogens is 234 g/mol. The van der Waals surface area contributed by atoms with Crippen molar-refractivity contribution in [1.82, 2.24) is 15.2 Å². The molecule has 90 valence electrons. The Labute approximate surface area is 101 Å². The van der Waals surface area contributed by atoms with Crippen LogP contribution < -0.4 is 0 Å². The molecule has 0 saturated heterocycles. The van der Waals surface area contributed by atoms with E-state index in [-0.39, 0.29) is 5.56 Å². The van der Waals surface area contributed by atoms with Crippen molar-refractivity contribution >= 4 is 17.1 Å². The number of aromatic nitrogens is 3. The van der Waals surface area contributed by atoms with Crippen molar-refractivity contribution in [2.24, 2.45) is 0 Å². The van der Waals surface area contributed by atoms with E-state index in [0.29, 0.717) is 17.0 Å². The molecule has 0 aliphatic rings. The number of aryl methyl sites for hydroxylation is 1. The number of H-pyrrole nitrogens is 1. The first-order chi connectivity index (χ1) is 8.65. The second-order valence-electron chi connectivity index (χ2n) is 3.92. The second kappa shape index (κ2) is 3.69. The lowest BCUT2D eigenvalue weighted by atomic mass is 10.2. The second-order valence-corrected chi connectivity index (χ2v) is 3.92. The minimum atomic E-state index is -0.991. The number of nitrogens with one attached hydrogen (secondary N) is 1. The van der Waals surface area contributed by atoms with E-state index in [1.54, 1.807) is 12.3 Å². The number of fused-ring (bicyclic) bond motifs is 1. The van der Waals surface area contributed by atoms with Crippen LogP contribution in [-0.2, 0) is 0 Å². The van der Waals surface area contributed by atoms with E-state index in [2.05, 4.69) is 15.2 Å². The highest BCUT2D eigenvalue weighted by Gasteiger charge is 2.13. The van der Waals surface area contributed by atoms with Crippen LogP contribution in [-0.4, -0.2) is 26.3 Å². The number of aromatic amines is 1. The maximum absolute atomic E-state index is 10.9. The first-order valence-electron chi connectivity index (χ1n) is 5.29. The van der Waals surface area contributed by atoms with Crippen molar-refractivity contribution in [3.05, 3.63) is 35.7 Å². The lowest BCUT2D eigenvalue weighted by Gasteiger charge is -1.91. The van der Waals surface area contributed by atoms with Crippen molar-refractivity contribution < 1.29 is 14.3 Å². The van der Waals surface area contributed by atoms with E-state index in [1.807, 2.05) is 6.92 Å². The summed E-state index contributed by atoms with van der Waals surface area (Å²) in [5.41, 5.74) is 2.86. The number of carboxylic acid groups (broad SMARTS) is 1. The predicted molar refractivity (Wildman–Crippen MR) is 63.3 cm³/mol. The largest absolute Gasteiger partial charge is 0.478 e. The molecule has 3 rings (SSSR count). The zero-order valence-electron chi connectivity index (χ0n) is 9.47. The summed E-state index contributed by atoms with van der Waals surface area (Å²) in [7, 11) is 0. The van der Waals surface area contributed by atoms with Gasteiger partial charge in [0.05, 0.1) is 17.3 Å². The Morgan fingerprint density at radius 1 is 1.44 bits per heavy atom. The van der Waals surface area contributed by atoms with Gasteiger partial charge in [-0.25, -0.2) is 9.78 Å². The van der Waals surface area contributed by atoms with Gasteiger partial charge in [0.1, 0.15) is 5.52 Å². The summed E-state index contributed by atoms with van der Waals surface area (Å²) in [5.74, 6) is -0.562. The number of aromatic carboxylic acids is 1. The van der Waals surface area contributed by atoms with E-state index in [9.17, 15) is 4.79 Å². The standard InChI is InChI=1S/C12H9N3O3/c1-6-8(5-13-15-6)11-14-9-3-2-7(12(16)17)4-10(9)18-11/h2-5H,1H3,(H,13,15)(H,16,17). The van der Waals surface area contributed by atoms with Gasteiger partial charge in [-0.15, -0.1) is 0 Å². The molecule has 0 fully saturated rings. The zero-order valence-corrected chi connectivity index (χ0v) is 9.47. The molecule has 2 aromatic heterocycles. The number of nitrogens with zero attached hydrogens (tertiary/aromatic N) is 2. The van der Waals surface area contributed by atoms with Gasteiger partial charge in [-0.1, -0.05) is 0 Å². The lowest BCUT2D eigenvalue weighted by Crippen LogP contribution is -1.94. The molecule has 6 nitrogen and oxygen atoms in total. The van der Waals surface area contributed by atoms with Crippen molar-refractivity contribution in [2.75, 3.05) is 0 Å². The Balaban J connectivity index is 2.17. The topological polar surface area (TPSA) is 92.0 Å². The molecule has 1 aromatic carbocycles. The van der Waals surface area contributed by atoms with Gasteiger partial charge in [-0.2, -0.15) is 5.10 Å². The Morgan fingerprint density at radius 3 is 2.94 bits per heavy atom. The SMILES string of the molecule is Cc1[nH]ncc1-c1nc2ccc(C(=O)O)cc2o1. The number of hydrogen-bond donors (Lipinski definition) is 2. The van der Waals surface area contributed by atoms with E-state index < -0.39 is 5.97 Å². The van der Waals surface area contributed by atoms with E-state index in [0.717, 1.165) is 11.3 Å². The third-order valence-electron chi connectivity index (χ3n) is 2.70. The van der Waals surface area contributed by atoms with E-state index in [4.69, 9.17) is 9.52 Å². The summed E-state index contributed by atoms with van der Waals surface area (Å²) in [4.78, 5) is 15.2. The fourth-order valence-corrected chi connectivity index (χ4v) is 1.74. The monoisotopic (exact) mass is 243 g/mol. The van der Waals surface area contributed by atoms with Crippen LogP contribution in [0.25, 0.3) is 22.6 Å². The van der Waals surface area contributed by atoms with Crippen molar-refractivity contribution in [3.8, 4) is 11.5 Å². The third kappa shape index (κ3) is 1.55. The zero-order chi connectivity index (χ0) is 12.7. The van der Waals surface area contributed by atoms with Crippen LogP contribution in [0.4, 0.5) is 0 Å². The molecule has 6 heteroatoms. The fourth-order valence-electron chi connectivity index (χ4n) is 1.74. The summed E-state index contributed by atoms with van der Waals surface area (Å²) >= 11 is 0. The fraction of sp³-hybridized carbons (Fsp3) is 0.0833. The van der Waals surface area contributed by atoms with Gasteiger partial charge in [0.15, 0.2) is 5.58 Å². The van der Waals surface area contributed by atoms with Crippen molar-refractivity contribution in [3.63, 3.8) is 0 Å². The minimum Gasteiger partial charge on any atom is -0.478 e. The molecule has 0 spiro atoms. The Bertz CT molecular complexity index is 742. The highest BCUT2D eigenvalue weighted by atomic mass is 16.4. The molecule has 18 heavy (non-hydrogen) atoms. The van der Waals surface area contributed by atoms with Crippen LogP contribution in [0.1, 0.15) is 16.1 Å². The first-order valence-corrected chi connectivity index (χ1v) is 5.29. The van der Waals surface area contributed by atoms with Gasteiger partial charge >= 0.3 is 5.97 Å². The Morgan fingerprint density at radius 2 is 2.28 bits per heavy atom. The van der Waals surface area contributed by atoms with Crippen LogP contribution in [0, 0.1) is 6.92 Å². The lowest BCUT2D eigenvalue weighted by molar-refractivity contribution is 0.0697. The molecule has 0 amide bonds. The van der Waals surface area contributed by atoms with Crippen LogP contribution in [0.3, 0.4) is 0 Å². The quantitative estimate of drug-likeness (QED) is 0.720. The number of benzene rings is 1. The van der Waals surface area contributed by atoms with Gasteiger partial charge in [0, 0.05) is 5.69 Å². The van der Waals surface area contributed by atoms with E-state index >= 15 is 0 Å². The van der Waals surface area contributed by atoms with Gasteiger partial charge in [-0.05, 0) is 25.1 Å². The third-order valence-corrected chi connectivity index (χ3v) is 2.70.